The Balaban J connectivity index is 1.67. The highest BCUT2D eigenvalue weighted by Gasteiger charge is 2.32. The lowest BCUT2D eigenvalue weighted by Crippen LogP contribution is -2.17. The number of hydrogen-bond donors (Lipinski definition) is 3. The molecular formula is C27H25N3O4S2. The van der Waals surface area contributed by atoms with E-state index in [0.717, 1.165) is 22.3 Å². The van der Waals surface area contributed by atoms with Crippen molar-refractivity contribution in [2.45, 2.75) is 37.5 Å². The van der Waals surface area contributed by atoms with Crippen molar-refractivity contribution in [2.75, 3.05) is 14.8 Å². The zero-order chi connectivity index (χ0) is 25.8. The molecule has 1 aliphatic rings. The monoisotopic (exact) mass is 519 g/mol. The Morgan fingerprint density at radius 3 is 2.11 bits per heavy atom. The van der Waals surface area contributed by atoms with E-state index in [-0.39, 0.29) is 15.5 Å². The van der Waals surface area contributed by atoms with Crippen molar-refractivity contribution in [1.82, 2.24) is 0 Å². The molecule has 1 aliphatic heterocycles. The fourth-order valence-electron chi connectivity index (χ4n) is 4.49. The van der Waals surface area contributed by atoms with Crippen molar-refractivity contribution in [2.24, 2.45) is 0 Å². The van der Waals surface area contributed by atoms with Crippen LogP contribution in [0.1, 0.15) is 32.6 Å². The Kier molecular flexibility index (Phi) is 5.84. The van der Waals surface area contributed by atoms with Crippen LogP contribution >= 0.6 is 0 Å². The van der Waals surface area contributed by atoms with E-state index < -0.39 is 26.9 Å². The van der Waals surface area contributed by atoms with Crippen LogP contribution in [0.5, 0.6) is 0 Å². The third-order valence-electron chi connectivity index (χ3n) is 6.27. The van der Waals surface area contributed by atoms with Crippen LogP contribution in [-0.4, -0.2) is 18.5 Å². The van der Waals surface area contributed by atoms with Gasteiger partial charge >= 0.3 is 0 Å². The molecule has 1 heterocycles. The minimum atomic E-state index is -4.14. The first-order chi connectivity index (χ1) is 17.0. The Morgan fingerprint density at radius 1 is 0.833 bits per heavy atom. The van der Waals surface area contributed by atoms with Gasteiger partial charge in [0.25, 0.3) is 15.9 Å². The third kappa shape index (κ3) is 4.14. The van der Waals surface area contributed by atoms with Gasteiger partial charge in [0.1, 0.15) is 4.90 Å². The van der Waals surface area contributed by atoms with Crippen molar-refractivity contribution in [3.05, 3.63) is 88.5 Å². The molecule has 0 spiro atoms. The van der Waals surface area contributed by atoms with E-state index in [1.54, 1.807) is 24.3 Å². The molecule has 5 rings (SSSR count). The fraction of sp³-hybridized carbons (Fsp3) is 0.148. The maximum Gasteiger partial charge on any atom is 0.264 e. The van der Waals surface area contributed by atoms with Crippen LogP contribution in [0.2, 0.25) is 0 Å². The smallest absolute Gasteiger partial charge is 0.264 e. The molecule has 184 valence electrons. The van der Waals surface area contributed by atoms with Gasteiger partial charge in [0, 0.05) is 22.0 Å². The summed E-state index contributed by atoms with van der Waals surface area (Å²) < 4.78 is 46.5. The molecule has 1 atom stereocenters. The number of sulfonamides is 1. The molecule has 0 saturated heterocycles. The molecule has 4 aromatic carbocycles. The van der Waals surface area contributed by atoms with E-state index >= 15 is 0 Å². The SMILES string of the molecule is Cc1ccc(NS(=O)c2cc(S(=O)(=O)Nc3ccc(C)cc3C)c3c4c(cccc24)C(=O)N3)c(C)c1. The van der Waals surface area contributed by atoms with Gasteiger partial charge in [-0.2, -0.15) is 0 Å². The van der Waals surface area contributed by atoms with Gasteiger partial charge in [-0.3, -0.25) is 9.52 Å². The van der Waals surface area contributed by atoms with Gasteiger partial charge in [0.2, 0.25) is 0 Å². The molecule has 3 N–H and O–H groups in total. The molecule has 0 radical (unpaired) electrons. The first kappa shape index (κ1) is 24.0. The molecule has 1 unspecified atom stereocenters. The van der Waals surface area contributed by atoms with E-state index in [1.165, 1.54) is 6.07 Å². The molecular weight excluding hydrogens is 494 g/mol. The summed E-state index contributed by atoms with van der Waals surface area (Å²) in [6, 6.07) is 17.6. The van der Waals surface area contributed by atoms with E-state index in [2.05, 4.69) is 14.8 Å². The molecule has 0 aromatic heterocycles. The normalized spacial score (nSPS) is 13.5. The van der Waals surface area contributed by atoms with E-state index in [4.69, 9.17) is 0 Å². The number of benzene rings is 4. The lowest BCUT2D eigenvalue weighted by molar-refractivity contribution is 0.103. The summed E-state index contributed by atoms with van der Waals surface area (Å²) in [6.45, 7) is 7.63. The second-order valence-electron chi connectivity index (χ2n) is 9.04. The van der Waals surface area contributed by atoms with E-state index in [0.29, 0.717) is 27.7 Å². The molecule has 0 aliphatic carbocycles. The number of nitrogens with one attached hydrogen (secondary N) is 3. The van der Waals surface area contributed by atoms with Gasteiger partial charge in [-0.1, -0.05) is 47.5 Å². The summed E-state index contributed by atoms with van der Waals surface area (Å²) >= 11 is 0. The van der Waals surface area contributed by atoms with Crippen molar-refractivity contribution >= 4 is 54.8 Å². The number of amides is 1. The van der Waals surface area contributed by atoms with Crippen LogP contribution in [0.25, 0.3) is 10.8 Å². The summed E-state index contributed by atoms with van der Waals surface area (Å²) in [6.07, 6.45) is 0. The van der Waals surface area contributed by atoms with Crippen LogP contribution < -0.4 is 14.8 Å². The van der Waals surface area contributed by atoms with Crippen LogP contribution in [0.4, 0.5) is 17.1 Å². The number of hydrogen-bond acceptors (Lipinski definition) is 4. The van der Waals surface area contributed by atoms with Gasteiger partial charge in [-0.15, -0.1) is 0 Å². The highest BCUT2D eigenvalue weighted by Crippen LogP contribution is 2.42. The van der Waals surface area contributed by atoms with Crippen LogP contribution in [0.15, 0.2) is 70.5 Å². The third-order valence-corrected chi connectivity index (χ3v) is 8.80. The highest BCUT2D eigenvalue weighted by atomic mass is 32.2. The van der Waals surface area contributed by atoms with E-state index in [1.807, 2.05) is 58.0 Å². The summed E-state index contributed by atoms with van der Waals surface area (Å²) in [5.74, 6) is -0.399. The zero-order valence-electron chi connectivity index (χ0n) is 20.2. The van der Waals surface area contributed by atoms with Crippen molar-refractivity contribution in [1.29, 1.82) is 0 Å². The van der Waals surface area contributed by atoms with Gasteiger partial charge in [0.05, 0.1) is 16.3 Å². The number of carbonyl (C=O) groups excluding carboxylic acids is 1. The van der Waals surface area contributed by atoms with E-state index in [9.17, 15) is 17.4 Å². The molecule has 0 saturated carbocycles. The summed E-state index contributed by atoms with van der Waals surface area (Å²) in [4.78, 5) is 12.8. The number of carbonyl (C=O) groups is 1. The maximum atomic E-state index is 13.6. The van der Waals surface area contributed by atoms with Crippen LogP contribution in [-0.2, 0) is 21.0 Å². The Morgan fingerprint density at radius 2 is 1.47 bits per heavy atom. The average Bonchev–Trinajstić information content (AvgIpc) is 3.15. The van der Waals surface area contributed by atoms with Gasteiger partial charge in [-0.05, 0) is 63.1 Å². The molecule has 1 amide bonds. The van der Waals surface area contributed by atoms with Gasteiger partial charge < -0.3 is 10.0 Å². The summed E-state index contributed by atoms with van der Waals surface area (Å²) in [7, 11) is -5.95. The number of aryl methyl sites for hydroxylation is 4. The lowest BCUT2D eigenvalue weighted by atomic mass is 10.1. The van der Waals surface area contributed by atoms with Crippen molar-refractivity contribution in [3.63, 3.8) is 0 Å². The molecule has 0 fully saturated rings. The molecule has 0 bridgehead atoms. The lowest BCUT2D eigenvalue weighted by Gasteiger charge is -2.17. The quantitative estimate of drug-likeness (QED) is 0.310. The first-order valence-corrected chi connectivity index (χ1v) is 14.0. The minimum absolute atomic E-state index is 0.140. The maximum absolute atomic E-state index is 13.6. The van der Waals surface area contributed by atoms with Gasteiger partial charge in [-0.25, -0.2) is 12.6 Å². The number of anilines is 3. The molecule has 7 nitrogen and oxygen atoms in total. The van der Waals surface area contributed by atoms with Crippen LogP contribution in [0, 0.1) is 27.7 Å². The van der Waals surface area contributed by atoms with Gasteiger partial charge in [0.15, 0.2) is 11.0 Å². The first-order valence-electron chi connectivity index (χ1n) is 11.3. The fourth-order valence-corrected chi connectivity index (χ4v) is 7.02. The second kappa shape index (κ2) is 8.76. The molecule has 36 heavy (non-hydrogen) atoms. The van der Waals surface area contributed by atoms with Crippen LogP contribution in [0.3, 0.4) is 0 Å². The average molecular weight is 520 g/mol. The Labute approximate surface area is 212 Å². The Hall–Kier alpha value is -3.69. The Bertz CT molecular complexity index is 1710. The molecule has 4 aromatic rings. The highest BCUT2D eigenvalue weighted by molar-refractivity contribution is 7.93. The predicted molar refractivity (Wildman–Crippen MR) is 145 cm³/mol. The second-order valence-corrected chi connectivity index (χ2v) is 11.9. The zero-order valence-corrected chi connectivity index (χ0v) is 21.9. The van der Waals surface area contributed by atoms with Crippen molar-refractivity contribution < 1.29 is 17.4 Å². The summed E-state index contributed by atoms with van der Waals surface area (Å²) in [5.41, 5.74) is 5.40. The largest absolute Gasteiger partial charge is 0.320 e. The van der Waals surface area contributed by atoms with Crippen molar-refractivity contribution in [3.8, 4) is 0 Å². The predicted octanol–water partition coefficient (Wildman–Crippen LogP) is 5.57. The minimum Gasteiger partial charge on any atom is -0.320 e. The number of rotatable bonds is 6. The molecule has 9 heteroatoms. The standard InChI is InChI=1S/C27H25N3O4S2/c1-15-8-10-21(17(3)12-15)29-35(32)23-14-24(26-25-19(23)6-5-7-20(25)27(31)28-26)36(33,34)30-22-11-9-16(2)13-18(22)4/h5-14,29-30H,1-4H3,(H,28,31). The summed E-state index contributed by atoms with van der Waals surface area (Å²) in [5, 5.41) is 3.69. The topological polar surface area (TPSA) is 104 Å².